The van der Waals surface area contributed by atoms with Crippen molar-refractivity contribution in [3.05, 3.63) is 50.9 Å². The maximum absolute atomic E-state index is 12.7. The van der Waals surface area contributed by atoms with Crippen LogP contribution in [-0.4, -0.2) is 38.5 Å². The third-order valence-corrected chi connectivity index (χ3v) is 6.10. The number of carbonyl (C=O) groups excluding carboxylic acids is 1. The van der Waals surface area contributed by atoms with Gasteiger partial charge in [-0.05, 0) is 12.1 Å². The number of nitrogens with zero attached hydrogens (tertiary/aromatic N) is 3. The molecule has 7 nitrogen and oxygen atoms in total. The zero-order valence-corrected chi connectivity index (χ0v) is 16.1. The molecule has 0 bridgehead atoms. The minimum Gasteiger partial charge on any atom is -0.464 e. The van der Waals surface area contributed by atoms with E-state index in [4.69, 9.17) is 34.8 Å². The van der Waals surface area contributed by atoms with Crippen LogP contribution in [0.3, 0.4) is 0 Å². The Morgan fingerprint density at radius 3 is 2.40 bits per heavy atom. The molecule has 1 aromatic carbocycles. The Hall–Kier alpha value is -1.61. The van der Waals surface area contributed by atoms with Crippen molar-refractivity contribution in [1.29, 1.82) is 0 Å². The van der Waals surface area contributed by atoms with Crippen molar-refractivity contribution in [2.45, 2.75) is 5.75 Å². The lowest BCUT2D eigenvalue weighted by Crippen LogP contribution is -2.31. The van der Waals surface area contributed by atoms with E-state index in [9.17, 15) is 13.2 Å². The first-order valence-corrected chi connectivity index (χ1v) is 9.41. The summed E-state index contributed by atoms with van der Waals surface area (Å²) in [6.45, 7) is 0. The van der Waals surface area contributed by atoms with Crippen LogP contribution in [0.4, 0.5) is 5.82 Å². The first-order chi connectivity index (χ1) is 11.7. The Balaban J connectivity index is 2.45. The van der Waals surface area contributed by atoms with Gasteiger partial charge in [-0.15, -0.1) is 0 Å². The molecule has 0 aliphatic carbocycles. The average Bonchev–Trinajstić information content (AvgIpc) is 2.60. The fourth-order valence-electron chi connectivity index (χ4n) is 1.91. The number of hydrogen-bond acceptors (Lipinski definition) is 6. The maximum Gasteiger partial charge on any atom is 0.360 e. The van der Waals surface area contributed by atoms with E-state index in [-0.39, 0.29) is 32.1 Å². The Bertz CT molecular complexity index is 922. The number of rotatable bonds is 5. The highest BCUT2D eigenvalue weighted by molar-refractivity contribution is 7.92. The zero-order valence-electron chi connectivity index (χ0n) is 13.0. The predicted molar refractivity (Wildman–Crippen MR) is 95.9 cm³/mol. The fraction of sp³-hybridized carbons (Fsp3) is 0.214. The second-order valence-corrected chi connectivity index (χ2v) is 7.96. The van der Waals surface area contributed by atoms with Gasteiger partial charge in [0.25, 0.3) is 0 Å². The third-order valence-electron chi connectivity index (χ3n) is 3.24. The van der Waals surface area contributed by atoms with Crippen LogP contribution in [0.5, 0.6) is 0 Å². The Labute approximate surface area is 159 Å². The summed E-state index contributed by atoms with van der Waals surface area (Å²) in [4.78, 5) is 19.5. The van der Waals surface area contributed by atoms with Gasteiger partial charge in [-0.3, -0.25) is 4.31 Å². The van der Waals surface area contributed by atoms with Crippen molar-refractivity contribution in [1.82, 2.24) is 9.97 Å². The molecule has 11 heteroatoms. The van der Waals surface area contributed by atoms with Crippen molar-refractivity contribution in [3.63, 3.8) is 0 Å². The van der Waals surface area contributed by atoms with Crippen LogP contribution in [0.25, 0.3) is 0 Å². The molecule has 134 valence electrons. The average molecular weight is 425 g/mol. The number of ether oxygens (including phenoxy) is 1. The molecule has 0 N–H and O–H groups in total. The number of methoxy groups -OCH3 is 1. The van der Waals surface area contributed by atoms with Crippen LogP contribution in [-0.2, 0) is 20.5 Å². The quantitative estimate of drug-likeness (QED) is 0.541. The number of anilines is 1. The summed E-state index contributed by atoms with van der Waals surface area (Å²) in [6, 6.07) is 2.91. The van der Waals surface area contributed by atoms with Crippen LogP contribution in [0.15, 0.2) is 24.5 Å². The van der Waals surface area contributed by atoms with E-state index < -0.39 is 21.7 Å². The Morgan fingerprint density at radius 2 is 1.76 bits per heavy atom. The van der Waals surface area contributed by atoms with E-state index in [0.29, 0.717) is 0 Å². The van der Waals surface area contributed by atoms with Gasteiger partial charge in [0, 0.05) is 30.0 Å². The fourth-order valence-corrected chi connectivity index (χ4v) is 4.01. The van der Waals surface area contributed by atoms with Crippen molar-refractivity contribution >= 4 is 56.6 Å². The lowest BCUT2D eigenvalue weighted by atomic mass is 10.2. The van der Waals surface area contributed by atoms with Crippen LogP contribution in [0.2, 0.25) is 15.1 Å². The van der Waals surface area contributed by atoms with Gasteiger partial charge >= 0.3 is 5.97 Å². The summed E-state index contributed by atoms with van der Waals surface area (Å²) in [5.41, 5.74) is -0.0921. The summed E-state index contributed by atoms with van der Waals surface area (Å²) in [5, 5.41) is 0.367. The molecule has 0 unspecified atom stereocenters. The highest BCUT2D eigenvalue weighted by Crippen LogP contribution is 2.33. The molecule has 2 rings (SSSR count). The van der Waals surface area contributed by atoms with Crippen LogP contribution in [0, 0.1) is 0 Å². The number of hydrogen-bond donors (Lipinski definition) is 0. The van der Waals surface area contributed by atoms with E-state index in [1.807, 2.05) is 0 Å². The number of benzene rings is 1. The SMILES string of the molecule is COC(=O)c1nccnc1N(C)S(=O)(=O)Cc1c(Cl)ccc(Cl)c1Cl. The lowest BCUT2D eigenvalue weighted by molar-refractivity contribution is 0.0594. The molecule has 0 fully saturated rings. The third kappa shape index (κ3) is 4.14. The van der Waals surface area contributed by atoms with Gasteiger partial charge < -0.3 is 4.74 Å². The summed E-state index contributed by atoms with van der Waals surface area (Å²) < 4.78 is 30.9. The van der Waals surface area contributed by atoms with Gasteiger partial charge in [0.15, 0.2) is 11.5 Å². The van der Waals surface area contributed by atoms with E-state index >= 15 is 0 Å². The molecule has 0 atom stereocenters. The minimum atomic E-state index is -4.00. The molecule has 0 radical (unpaired) electrons. The summed E-state index contributed by atoms with van der Waals surface area (Å²) in [5.74, 6) is -1.54. The molecule has 0 aliphatic heterocycles. The predicted octanol–water partition coefficient (Wildman–Crippen LogP) is 3.19. The maximum atomic E-state index is 12.7. The van der Waals surface area contributed by atoms with E-state index in [1.165, 1.54) is 31.6 Å². The Morgan fingerprint density at radius 1 is 1.16 bits per heavy atom. The summed E-state index contributed by atoms with van der Waals surface area (Å²) in [7, 11) is -1.61. The largest absolute Gasteiger partial charge is 0.464 e. The van der Waals surface area contributed by atoms with Crippen LogP contribution < -0.4 is 4.31 Å². The van der Waals surface area contributed by atoms with Crippen LogP contribution >= 0.6 is 34.8 Å². The number of halogens is 3. The molecule has 1 heterocycles. The summed E-state index contributed by atoms with van der Waals surface area (Å²) in [6.07, 6.45) is 2.51. The molecule has 1 aromatic heterocycles. The number of aromatic nitrogens is 2. The highest BCUT2D eigenvalue weighted by Gasteiger charge is 2.28. The van der Waals surface area contributed by atoms with E-state index in [1.54, 1.807) is 0 Å². The zero-order chi connectivity index (χ0) is 18.8. The first kappa shape index (κ1) is 19.7. The molecule has 0 saturated carbocycles. The van der Waals surface area contributed by atoms with Crippen molar-refractivity contribution in [2.24, 2.45) is 0 Å². The van der Waals surface area contributed by atoms with Gasteiger partial charge in [0.1, 0.15) is 0 Å². The van der Waals surface area contributed by atoms with Gasteiger partial charge in [0.2, 0.25) is 10.0 Å². The highest BCUT2D eigenvalue weighted by atomic mass is 35.5. The van der Waals surface area contributed by atoms with Crippen molar-refractivity contribution < 1.29 is 17.9 Å². The van der Waals surface area contributed by atoms with Gasteiger partial charge in [-0.25, -0.2) is 23.2 Å². The molecule has 0 amide bonds. The van der Waals surface area contributed by atoms with Crippen molar-refractivity contribution in [2.75, 3.05) is 18.5 Å². The molecule has 0 spiro atoms. The lowest BCUT2D eigenvalue weighted by Gasteiger charge is -2.20. The molecule has 2 aromatic rings. The number of carbonyl (C=O) groups is 1. The molecule has 0 aliphatic rings. The topological polar surface area (TPSA) is 89.5 Å². The van der Waals surface area contributed by atoms with E-state index in [2.05, 4.69) is 14.7 Å². The van der Waals surface area contributed by atoms with E-state index in [0.717, 1.165) is 11.4 Å². The monoisotopic (exact) mass is 423 g/mol. The molecular weight excluding hydrogens is 413 g/mol. The minimum absolute atomic E-state index is 0.0403. The molecule has 25 heavy (non-hydrogen) atoms. The number of esters is 1. The van der Waals surface area contributed by atoms with Gasteiger partial charge in [-0.2, -0.15) is 0 Å². The number of sulfonamides is 1. The summed E-state index contributed by atoms with van der Waals surface area (Å²) >= 11 is 18.0. The normalized spacial score (nSPS) is 11.2. The molecule has 0 saturated heterocycles. The molecular formula is C14H12Cl3N3O4S. The van der Waals surface area contributed by atoms with Crippen LogP contribution in [0.1, 0.15) is 16.1 Å². The second kappa shape index (κ2) is 7.74. The van der Waals surface area contributed by atoms with Gasteiger partial charge in [-0.1, -0.05) is 34.8 Å². The smallest absolute Gasteiger partial charge is 0.360 e. The standard InChI is InChI=1S/C14H12Cl3N3O4S/c1-20(13-12(14(21)24-2)18-5-6-19-13)25(22,23)7-8-9(15)3-4-10(16)11(8)17/h3-6H,7H2,1-2H3. The first-order valence-electron chi connectivity index (χ1n) is 6.67. The second-order valence-electron chi connectivity index (χ2n) is 4.77. The Kier molecular flexibility index (Phi) is 6.10. The van der Waals surface area contributed by atoms with Crippen molar-refractivity contribution in [3.8, 4) is 0 Å². The van der Waals surface area contributed by atoms with Gasteiger partial charge in [0.05, 0.1) is 22.9 Å².